The molecule has 0 saturated carbocycles. The van der Waals surface area contributed by atoms with Crippen LogP contribution in [0, 0.1) is 0 Å². The number of hydrogen-bond donors (Lipinski definition) is 3. The van der Waals surface area contributed by atoms with E-state index in [1.165, 1.54) is 38.5 Å². The molecule has 2 aromatic rings. The van der Waals surface area contributed by atoms with Crippen LogP contribution in [-0.2, 0) is 25.6 Å². The predicted octanol–water partition coefficient (Wildman–Crippen LogP) is 1.11. The standard InChI is InChI=1S/C7H11NO4S.C7H9NO3S/c1-7(2,9)5-3-6(12-4-5)13(8,10)11;1-5(2)6-3-7(11-4-6)12(8,9)10/h3-4,9H,1-2H3,(H2,8,10,11);3-4H,1H2,2H3,(H2,8,9,10). The van der Waals surface area contributed by atoms with Gasteiger partial charge in [-0.1, -0.05) is 6.58 Å². The maximum atomic E-state index is 10.8. The molecule has 0 aromatic carbocycles. The maximum absolute atomic E-state index is 10.8. The number of hydrogen-bond acceptors (Lipinski definition) is 7. The molecule has 0 spiro atoms. The van der Waals surface area contributed by atoms with Crippen LogP contribution >= 0.6 is 0 Å². The van der Waals surface area contributed by atoms with Gasteiger partial charge >= 0.3 is 0 Å². The van der Waals surface area contributed by atoms with E-state index < -0.39 is 25.6 Å². The van der Waals surface area contributed by atoms with Crippen molar-refractivity contribution in [1.29, 1.82) is 0 Å². The number of primary sulfonamides is 2. The summed E-state index contributed by atoms with van der Waals surface area (Å²) in [6.07, 6.45) is 2.47. The first kappa shape index (κ1) is 21.1. The van der Waals surface area contributed by atoms with E-state index in [4.69, 9.17) is 14.7 Å². The molecule has 140 valence electrons. The van der Waals surface area contributed by atoms with Gasteiger partial charge in [0.1, 0.15) is 0 Å². The Hall–Kier alpha value is -1.92. The Balaban J connectivity index is 0.000000251. The summed E-state index contributed by atoms with van der Waals surface area (Å²) in [4.78, 5) is 0. The van der Waals surface area contributed by atoms with E-state index >= 15 is 0 Å². The first-order chi connectivity index (χ1) is 11.1. The fourth-order valence-corrected chi connectivity index (χ4v) is 2.42. The van der Waals surface area contributed by atoms with E-state index in [2.05, 4.69) is 11.0 Å². The number of nitrogens with two attached hydrogens (primary N) is 2. The molecule has 0 saturated heterocycles. The largest absolute Gasteiger partial charge is 0.451 e. The average Bonchev–Trinajstić information content (AvgIpc) is 3.07. The minimum Gasteiger partial charge on any atom is -0.451 e. The van der Waals surface area contributed by atoms with E-state index in [0.717, 1.165) is 5.57 Å². The van der Waals surface area contributed by atoms with E-state index in [0.29, 0.717) is 11.1 Å². The Morgan fingerprint density at radius 1 is 1.04 bits per heavy atom. The summed E-state index contributed by atoms with van der Waals surface area (Å²) in [6, 6.07) is 2.55. The molecule has 0 aliphatic rings. The van der Waals surface area contributed by atoms with Crippen LogP contribution in [0.15, 0.2) is 50.3 Å². The first-order valence-electron chi connectivity index (χ1n) is 6.74. The number of sulfonamides is 2. The Labute approximate surface area is 146 Å². The summed E-state index contributed by atoms with van der Waals surface area (Å²) in [5, 5.41) is 18.5. The van der Waals surface area contributed by atoms with E-state index in [-0.39, 0.29) is 10.2 Å². The minimum atomic E-state index is -3.82. The molecule has 9 nitrogen and oxygen atoms in total. The highest BCUT2D eigenvalue weighted by Gasteiger charge is 2.22. The van der Waals surface area contributed by atoms with Crippen LogP contribution in [0.5, 0.6) is 0 Å². The van der Waals surface area contributed by atoms with Crippen LogP contribution in [0.4, 0.5) is 0 Å². The number of aliphatic hydroxyl groups is 1. The fraction of sp³-hybridized carbons (Fsp3) is 0.286. The lowest BCUT2D eigenvalue weighted by Crippen LogP contribution is -2.15. The molecule has 0 fully saturated rings. The quantitative estimate of drug-likeness (QED) is 0.700. The van der Waals surface area contributed by atoms with E-state index in [1.807, 2.05) is 0 Å². The van der Waals surface area contributed by atoms with Crippen molar-refractivity contribution in [2.75, 3.05) is 0 Å². The summed E-state index contributed by atoms with van der Waals surface area (Å²) in [7, 11) is -7.54. The van der Waals surface area contributed by atoms with Crippen molar-refractivity contribution in [3.05, 3.63) is 42.4 Å². The Morgan fingerprint density at radius 3 is 1.72 bits per heavy atom. The fourth-order valence-electron chi connectivity index (χ4n) is 1.48. The van der Waals surface area contributed by atoms with Crippen LogP contribution in [-0.4, -0.2) is 21.9 Å². The maximum Gasteiger partial charge on any atom is 0.271 e. The Kier molecular flexibility index (Phi) is 6.03. The van der Waals surface area contributed by atoms with Gasteiger partial charge in [0.05, 0.1) is 18.1 Å². The molecule has 5 N–H and O–H groups in total. The molecule has 0 atom stereocenters. The van der Waals surface area contributed by atoms with Gasteiger partial charge in [0.15, 0.2) is 0 Å². The molecular formula is C14H20N2O7S2. The van der Waals surface area contributed by atoms with Crippen molar-refractivity contribution in [3.8, 4) is 0 Å². The lowest BCUT2D eigenvalue weighted by molar-refractivity contribution is 0.0779. The Bertz CT molecular complexity index is 961. The topological polar surface area (TPSA) is 167 Å². The molecule has 0 aliphatic heterocycles. The van der Waals surface area contributed by atoms with Crippen LogP contribution < -0.4 is 10.3 Å². The molecular weight excluding hydrogens is 372 g/mol. The van der Waals surface area contributed by atoms with Crippen molar-refractivity contribution in [1.82, 2.24) is 0 Å². The summed E-state index contributed by atoms with van der Waals surface area (Å²) < 4.78 is 52.4. The summed E-state index contributed by atoms with van der Waals surface area (Å²) in [5.41, 5.74) is 0.608. The van der Waals surface area contributed by atoms with Gasteiger partial charge in [0.25, 0.3) is 20.0 Å². The molecule has 0 bridgehead atoms. The van der Waals surface area contributed by atoms with Crippen molar-refractivity contribution in [2.45, 2.75) is 36.6 Å². The van der Waals surface area contributed by atoms with Crippen molar-refractivity contribution in [3.63, 3.8) is 0 Å². The SMILES string of the molecule is C=C(C)c1coc(S(N)(=O)=O)c1.CC(C)(O)c1coc(S(N)(=O)=O)c1. The molecule has 0 unspecified atom stereocenters. The zero-order valence-electron chi connectivity index (χ0n) is 13.9. The van der Waals surface area contributed by atoms with Crippen molar-refractivity contribution in [2.24, 2.45) is 10.3 Å². The van der Waals surface area contributed by atoms with Gasteiger partial charge in [-0.15, -0.1) is 0 Å². The minimum absolute atomic E-state index is 0.236. The number of furan rings is 2. The predicted molar refractivity (Wildman–Crippen MR) is 90.1 cm³/mol. The second-order valence-corrected chi connectivity index (χ2v) is 8.72. The number of rotatable bonds is 4. The summed E-state index contributed by atoms with van der Waals surface area (Å²) in [6.45, 7) is 8.41. The third-order valence-corrected chi connectivity index (χ3v) is 4.46. The van der Waals surface area contributed by atoms with E-state index in [9.17, 15) is 21.9 Å². The van der Waals surface area contributed by atoms with Gasteiger partial charge in [-0.3, -0.25) is 0 Å². The van der Waals surface area contributed by atoms with Gasteiger partial charge in [0.2, 0.25) is 10.2 Å². The van der Waals surface area contributed by atoms with Crippen LogP contribution in [0.25, 0.3) is 5.57 Å². The molecule has 2 rings (SSSR count). The molecule has 25 heavy (non-hydrogen) atoms. The summed E-state index contributed by atoms with van der Waals surface area (Å²) >= 11 is 0. The molecule has 0 amide bonds. The molecule has 0 aliphatic carbocycles. The highest BCUT2D eigenvalue weighted by Crippen LogP contribution is 2.23. The van der Waals surface area contributed by atoms with Gasteiger partial charge in [0, 0.05) is 23.3 Å². The van der Waals surface area contributed by atoms with E-state index in [1.54, 1.807) is 6.92 Å². The van der Waals surface area contributed by atoms with Crippen LogP contribution in [0.1, 0.15) is 31.9 Å². The van der Waals surface area contributed by atoms with Crippen molar-refractivity contribution >= 4 is 25.6 Å². The smallest absolute Gasteiger partial charge is 0.271 e. The summed E-state index contributed by atoms with van der Waals surface area (Å²) in [5.74, 6) is 0. The zero-order chi connectivity index (χ0) is 19.6. The normalized spacial score (nSPS) is 12.4. The average molecular weight is 392 g/mol. The monoisotopic (exact) mass is 392 g/mol. The van der Waals surface area contributed by atoms with Gasteiger partial charge in [-0.2, -0.15) is 0 Å². The van der Waals surface area contributed by atoms with Crippen LogP contribution in [0.3, 0.4) is 0 Å². The third kappa shape index (κ3) is 6.14. The third-order valence-electron chi connectivity index (χ3n) is 2.91. The lowest BCUT2D eigenvalue weighted by Gasteiger charge is -2.13. The highest BCUT2D eigenvalue weighted by atomic mass is 32.2. The Morgan fingerprint density at radius 2 is 1.48 bits per heavy atom. The number of allylic oxidation sites excluding steroid dienone is 1. The molecule has 0 radical (unpaired) electrons. The molecule has 2 aromatic heterocycles. The second kappa shape index (κ2) is 7.14. The highest BCUT2D eigenvalue weighted by molar-refractivity contribution is 7.89. The van der Waals surface area contributed by atoms with Gasteiger partial charge in [-0.25, -0.2) is 27.1 Å². The van der Waals surface area contributed by atoms with Gasteiger partial charge in [-0.05, 0) is 26.3 Å². The zero-order valence-corrected chi connectivity index (χ0v) is 15.5. The van der Waals surface area contributed by atoms with Crippen molar-refractivity contribution < 1.29 is 30.8 Å². The molecule has 11 heteroatoms. The lowest BCUT2D eigenvalue weighted by atomic mass is 10.0. The first-order valence-corrected chi connectivity index (χ1v) is 9.83. The second-order valence-electron chi connectivity index (χ2n) is 5.74. The molecule has 2 heterocycles. The van der Waals surface area contributed by atoms with Crippen LogP contribution in [0.2, 0.25) is 0 Å². The van der Waals surface area contributed by atoms with Gasteiger partial charge < -0.3 is 13.9 Å².